The molecule has 2 unspecified atom stereocenters. The summed E-state index contributed by atoms with van der Waals surface area (Å²) in [6.45, 7) is 16.6. The fourth-order valence-corrected chi connectivity index (χ4v) is 3.40. The van der Waals surface area contributed by atoms with Crippen molar-refractivity contribution in [2.75, 3.05) is 0 Å². The molecular weight excluding hydrogens is 400 g/mol. The molecule has 0 N–H and O–H groups in total. The molecular formula is C28H38O4. The maximum atomic E-state index is 12.6. The van der Waals surface area contributed by atoms with E-state index in [2.05, 4.69) is 41.5 Å². The molecule has 0 heterocycles. The van der Waals surface area contributed by atoms with E-state index in [0.717, 1.165) is 11.1 Å². The van der Waals surface area contributed by atoms with E-state index < -0.39 is 0 Å². The molecule has 0 saturated carbocycles. The lowest BCUT2D eigenvalue weighted by Gasteiger charge is -2.22. The maximum Gasteiger partial charge on any atom is 0.338 e. The van der Waals surface area contributed by atoms with Gasteiger partial charge in [-0.15, -0.1) is 0 Å². The first kappa shape index (κ1) is 25.6. The summed E-state index contributed by atoms with van der Waals surface area (Å²) in [4.78, 5) is 25.1. The Morgan fingerprint density at radius 2 is 1.09 bits per heavy atom. The molecule has 0 aliphatic carbocycles. The van der Waals surface area contributed by atoms with Crippen LogP contribution < -0.4 is 0 Å². The summed E-state index contributed by atoms with van der Waals surface area (Å²) in [6, 6.07) is 15.1. The molecule has 2 aromatic rings. The minimum atomic E-state index is -0.370. The molecule has 0 aromatic heterocycles. The van der Waals surface area contributed by atoms with E-state index in [1.54, 1.807) is 24.3 Å². The summed E-state index contributed by atoms with van der Waals surface area (Å²) in [7, 11) is 0. The summed E-state index contributed by atoms with van der Waals surface area (Å²) < 4.78 is 11.3. The zero-order valence-corrected chi connectivity index (χ0v) is 20.8. The number of carbonyl (C=O) groups is 2. The Balaban J connectivity index is 1.93. The second-order valence-electron chi connectivity index (χ2n) is 10.5. The Kier molecular flexibility index (Phi) is 8.28. The van der Waals surface area contributed by atoms with Gasteiger partial charge >= 0.3 is 11.9 Å². The van der Waals surface area contributed by atoms with Crippen molar-refractivity contribution >= 4 is 11.9 Å². The largest absolute Gasteiger partial charge is 0.459 e. The first-order valence-corrected chi connectivity index (χ1v) is 11.4. The number of ether oxygens (including phenoxy) is 2. The van der Waals surface area contributed by atoms with Gasteiger partial charge in [0.2, 0.25) is 0 Å². The van der Waals surface area contributed by atoms with Crippen LogP contribution in [0.5, 0.6) is 0 Å². The lowest BCUT2D eigenvalue weighted by molar-refractivity contribution is 0.00280. The highest BCUT2D eigenvalue weighted by atomic mass is 16.6. The van der Waals surface area contributed by atoms with E-state index in [-0.39, 0.29) is 35.0 Å². The third-order valence-electron chi connectivity index (χ3n) is 5.61. The van der Waals surface area contributed by atoms with Gasteiger partial charge in [-0.25, -0.2) is 9.59 Å². The molecule has 32 heavy (non-hydrogen) atoms. The number of hydrogen-bond acceptors (Lipinski definition) is 4. The fourth-order valence-electron chi connectivity index (χ4n) is 3.40. The average Bonchev–Trinajstić information content (AvgIpc) is 2.72. The standard InChI is InChI=1S/C28H38O4/c1-9-24(32-26(30)21-12-16-23(17-13-21)28(6,7)8)18-19(2)31-25(29)20-10-14-22(15-11-20)27(3,4)5/h10-17,19,24H,9,18H2,1-8H3. The summed E-state index contributed by atoms with van der Waals surface area (Å²) in [5.74, 6) is -0.717. The SMILES string of the molecule is CCC(CC(C)OC(=O)c1ccc(C(C)(C)C)cc1)OC(=O)c1ccc(C(C)(C)C)cc1. The predicted octanol–water partition coefficient (Wildman–Crippen LogP) is 6.85. The summed E-state index contributed by atoms with van der Waals surface area (Å²) in [5.41, 5.74) is 3.43. The highest BCUT2D eigenvalue weighted by Crippen LogP contribution is 2.24. The quantitative estimate of drug-likeness (QED) is 0.443. The van der Waals surface area contributed by atoms with Crippen LogP contribution in [0.2, 0.25) is 0 Å². The van der Waals surface area contributed by atoms with Gasteiger partial charge in [-0.1, -0.05) is 72.7 Å². The van der Waals surface area contributed by atoms with Crippen LogP contribution in [0, 0.1) is 0 Å². The van der Waals surface area contributed by atoms with Crippen molar-refractivity contribution < 1.29 is 19.1 Å². The van der Waals surface area contributed by atoms with Gasteiger partial charge in [0.25, 0.3) is 0 Å². The molecule has 4 heteroatoms. The van der Waals surface area contributed by atoms with Crippen LogP contribution in [0.15, 0.2) is 48.5 Å². The number of esters is 2. The maximum absolute atomic E-state index is 12.6. The zero-order valence-electron chi connectivity index (χ0n) is 20.8. The molecule has 0 aliphatic heterocycles. The van der Waals surface area contributed by atoms with Crippen molar-refractivity contribution in [3.63, 3.8) is 0 Å². The number of benzene rings is 2. The summed E-state index contributed by atoms with van der Waals surface area (Å²) >= 11 is 0. The van der Waals surface area contributed by atoms with Crippen LogP contribution in [0.4, 0.5) is 0 Å². The zero-order chi connectivity index (χ0) is 24.1. The van der Waals surface area contributed by atoms with Gasteiger partial charge in [-0.05, 0) is 59.6 Å². The van der Waals surface area contributed by atoms with Gasteiger partial charge in [0, 0.05) is 6.42 Å². The molecule has 0 spiro atoms. The highest BCUT2D eigenvalue weighted by molar-refractivity contribution is 5.90. The Morgan fingerprint density at radius 3 is 1.44 bits per heavy atom. The molecule has 0 aliphatic rings. The van der Waals surface area contributed by atoms with Crippen molar-refractivity contribution in [3.05, 3.63) is 70.8 Å². The molecule has 0 radical (unpaired) electrons. The van der Waals surface area contributed by atoms with Gasteiger partial charge in [-0.2, -0.15) is 0 Å². The Bertz CT molecular complexity index is 896. The Hall–Kier alpha value is -2.62. The van der Waals surface area contributed by atoms with Gasteiger partial charge in [-0.3, -0.25) is 0 Å². The third kappa shape index (κ3) is 7.22. The normalized spacial score (nSPS) is 13.9. The van der Waals surface area contributed by atoms with Gasteiger partial charge in [0.1, 0.15) is 12.2 Å². The minimum Gasteiger partial charge on any atom is -0.459 e. The van der Waals surface area contributed by atoms with Crippen LogP contribution in [0.25, 0.3) is 0 Å². The van der Waals surface area contributed by atoms with Crippen LogP contribution in [0.1, 0.15) is 100 Å². The van der Waals surface area contributed by atoms with Gasteiger partial charge < -0.3 is 9.47 Å². The Morgan fingerprint density at radius 1 is 0.719 bits per heavy atom. The molecule has 0 bridgehead atoms. The number of rotatable bonds is 7. The fraction of sp³-hybridized carbons (Fsp3) is 0.500. The molecule has 2 aromatic carbocycles. The van der Waals surface area contributed by atoms with E-state index >= 15 is 0 Å². The van der Waals surface area contributed by atoms with Crippen molar-refractivity contribution in [1.29, 1.82) is 0 Å². The van der Waals surface area contributed by atoms with Crippen LogP contribution in [0.3, 0.4) is 0 Å². The van der Waals surface area contributed by atoms with E-state index in [1.807, 2.05) is 38.1 Å². The predicted molar refractivity (Wildman–Crippen MR) is 129 cm³/mol. The van der Waals surface area contributed by atoms with Crippen molar-refractivity contribution in [3.8, 4) is 0 Å². The molecule has 4 nitrogen and oxygen atoms in total. The third-order valence-corrected chi connectivity index (χ3v) is 5.61. The van der Waals surface area contributed by atoms with E-state index in [4.69, 9.17) is 9.47 Å². The first-order chi connectivity index (χ1) is 14.8. The lowest BCUT2D eigenvalue weighted by atomic mass is 9.87. The minimum absolute atomic E-state index is 0.0285. The smallest absolute Gasteiger partial charge is 0.338 e. The number of hydrogen-bond donors (Lipinski definition) is 0. The Labute approximate surface area is 193 Å². The van der Waals surface area contributed by atoms with Crippen LogP contribution in [-0.4, -0.2) is 24.1 Å². The molecule has 0 fully saturated rings. The van der Waals surface area contributed by atoms with E-state index in [1.165, 1.54) is 0 Å². The average molecular weight is 439 g/mol. The van der Waals surface area contributed by atoms with Crippen LogP contribution >= 0.6 is 0 Å². The summed E-state index contributed by atoms with van der Waals surface area (Å²) in [6.07, 6.45) is 0.406. The monoisotopic (exact) mass is 438 g/mol. The first-order valence-electron chi connectivity index (χ1n) is 11.4. The van der Waals surface area contributed by atoms with E-state index in [0.29, 0.717) is 24.0 Å². The molecule has 2 rings (SSSR count). The number of carbonyl (C=O) groups excluding carboxylic acids is 2. The van der Waals surface area contributed by atoms with Crippen molar-refractivity contribution in [1.82, 2.24) is 0 Å². The molecule has 174 valence electrons. The molecule has 2 atom stereocenters. The second-order valence-corrected chi connectivity index (χ2v) is 10.5. The van der Waals surface area contributed by atoms with Gasteiger partial charge in [0.15, 0.2) is 0 Å². The lowest BCUT2D eigenvalue weighted by Crippen LogP contribution is -2.25. The molecule has 0 amide bonds. The second kappa shape index (κ2) is 10.3. The van der Waals surface area contributed by atoms with Gasteiger partial charge in [0.05, 0.1) is 11.1 Å². The molecule has 0 saturated heterocycles. The van der Waals surface area contributed by atoms with Crippen LogP contribution in [-0.2, 0) is 20.3 Å². The van der Waals surface area contributed by atoms with Crippen molar-refractivity contribution in [2.24, 2.45) is 0 Å². The van der Waals surface area contributed by atoms with E-state index in [9.17, 15) is 9.59 Å². The van der Waals surface area contributed by atoms with Crippen molar-refractivity contribution in [2.45, 2.75) is 91.3 Å². The highest BCUT2D eigenvalue weighted by Gasteiger charge is 2.22. The summed E-state index contributed by atoms with van der Waals surface area (Å²) in [5, 5.41) is 0. The topological polar surface area (TPSA) is 52.6 Å².